The van der Waals surface area contributed by atoms with Gasteiger partial charge < -0.3 is 15.3 Å². The van der Waals surface area contributed by atoms with Crippen LogP contribution in [-0.2, 0) is 6.42 Å². The van der Waals surface area contributed by atoms with Crippen molar-refractivity contribution in [1.29, 1.82) is 5.26 Å². The number of amides is 1. The maximum atomic E-state index is 13.0. The molecule has 2 heterocycles. The number of rotatable bonds is 5. The van der Waals surface area contributed by atoms with Crippen molar-refractivity contribution < 1.29 is 14.3 Å². The van der Waals surface area contributed by atoms with Crippen molar-refractivity contribution in [3.8, 4) is 6.07 Å². The Balaban J connectivity index is 1.43. The van der Waals surface area contributed by atoms with Gasteiger partial charge in [0.2, 0.25) is 0 Å². The van der Waals surface area contributed by atoms with E-state index in [0.29, 0.717) is 48.5 Å². The molecule has 2 N–H and O–H groups in total. The van der Waals surface area contributed by atoms with Crippen molar-refractivity contribution in [3.63, 3.8) is 0 Å². The molecule has 8 heteroatoms. The Kier molecular flexibility index (Phi) is 6.26. The van der Waals surface area contributed by atoms with Crippen molar-refractivity contribution in [2.45, 2.75) is 25.4 Å². The van der Waals surface area contributed by atoms with Crippen LogP contribution in [0.2, 0.25) is 0 Å². The first-order chi connectivity index (χ1) is 15.0. The SMILES string of the molecule is N#Cc1cc(NC(=O)c2cnc(Cc3ccc(F)cc3)s2)ccc1N1CCC(O)CC1. The van der Waals surface area contributed by atoms with Gasteiger partial charge in [-0.05, 0) is 48.7 Å². The van der Waals surface area contributed by atoms with E-state index in [1.165, 1.54) is 29.7 Å². The van der Waals surface area contributed by atoms with Gasteiger partial charge >= 0.3 is 0 Å². The first-order valence-corrected chi connectivity index (χ1v) is 10.8. The van der Waals surface area contributed by atoms with E-state index < -0.39 is 0 Å². The number of hydrogen-bond donors (Lipinski definition) is 2. The second-order valence-corrected chi connectivity index (χ2v) is 8.55. The Labute approximate surface area is 183 Å². The molecule has 31 heavy (non-hydrogen) atoms. The van der Waals surface area contributed by atoms with Gasteiger partial charge in [-0.1, -0.05) is 12.1 Å². The predicted molar refractivity (Wildman–Crippen MR) is 118 cm³/mol. The molecule has 0 spiro atoms. The number of hydrogen-bond acceptors (Lipinski definition) is 6. The maximum Gasteiger partial charge on any atom is 0.267 e. The number of aliphatic hydroxyl groups excluding tert-OH is 1. The van der Waals surface area contributed by atoms with E-state index in [1.54, 1.807) is 24.3 Å². The van der Waals surface area contributed by atoms with Gasteiger partial charge in [0.15, 0.2) is 0 Å². The molecule has 2 aromatic carbocycles. The van der Waals surface area contributed by atoms with Crippen LogP contribution in [0.25, 0.3) is 0 Å². The molecule has 1 aliphatic heterocycles. The minimum Gasteiger partial charge on any atom is -0.393 e. The molecule has 0 bridgehead atoms. The summed E-state index contributed by atoms with van der Waals surface area (Å²) in [5.74, 6) is -0.579. The Morgan fingerprint density at radius 1 is 1.26 bits per heavy atom. The van der Waals surface area contributed by atoms with Crippen molar-refractivity contribution in [1.82, 2.24) is 4.98 Å². The summed E-state index contributed by atoms with van der Waals surface area (Å²) in [5, 5.41) is 22.8. The average Bonchev–Trinajstić information content (AvgIpc) is 3.25. The number of carbonyl (C=O) groups is 1. The van der Waals surface area contributed by atoms with Crippen LogP contribution in [0.1, 0.15) is 38.6 Å². The largest absolute Gasteiger partial charge is 0.393 e. The number of nitrogens with one attached hydrogen (secondary N) is 1. The zero-order valence-electron chi connectivity index (χ0n) is 16.7. The number of thiazole rings is 1. The molecule has 0 atom stereocenters. The summed E-state index contributed by atoms with van der Waals surface area (Å²) in [5.41, 5.74) is 2.75. The van der Waals surface area contributed by atoms with Gasteiger partial charge in [0.05, 0.1) is 28.6 Å². The van der Waals surface area contributed by atoms with E-state index in [1.807, 2.05) is 6.07 Å². The van der Waals surface area contributed by atoms with Gasteiger partial charge in [0, 0.05) is 25.2 Å². The molecule has 0 saturated carbocycles. The van der Waals surface area contributed by atoms with Crippen LogP contribution in [0.4, 0.5) is 15.8 Å². The van der Waals surface area contributed by atoms with Gasteiger partial charge in [-0.25, -0.2) is 9.37 Å². The lowest BCUT2D eigenvalue weighted by Gasteiger charge is -2.32. The van der Waals surface area contributed by atoms with Crippen molar-refractivity contribution in [3.05, 3.63) is 75.5 Å². The first kappa shape index (κ1) is 21.0. The summed E-state index contributed by atoms with van der Waals surface area (Å²) < 4.78 is 13.0. The van der Waals surface area contributed by atoms with Gasteiger partial charge in [-0.15, -0.1) is 11.3 Å². The van der Waals surface area contributed by atoms with Gasteiger partial charge in [-0.3, -0.25) is 4.79 Å². The standard InChI is InChI=1S/C23H21FN4O2S/c24-17-3-1-15(2-4-17)11-22-26-14-21(31-22)23(30)27-18-5-6-20(16(12-18)13-25)28-9-7-19(29)8-10-28/h1-6,12,14,19,29H,7-11H2,(H,27,30). The normalized spacial score (nSPS) is 14.3. The third-order valence-electron chi connectivity index (χ3n) is 5.23. The molecule has 1 fully saturated rings. The lowest BCUT2D eigenvalue weighted by Crippen LogP contribution is -2.36. The predicted octanol–water partition coefficient (Wildman–Crippen LogP) is 3.96. The third kappa shape index (κ3) is 5.08. The van der Waals surface area contributed by atoms with Crippen LogP contribution in [0.15, 0.2) is 48.7 Å². The van der Waals surface area contributed by atoms with Crippen LogP contribution in [0.5, 0.6) is 0 Å². The molecule has 1 aliphatic rings. The molecule has 1 aromatic heterocycles. The summed E-state index contributed by atoms with van der Waals surface area (Å²) in [6.45, 7) is 1.39. The second kappa shape index (κ2) is 9.25. The summed E-state index contributed by atoms with van der Waals surface area (Å²) in [6, 6.07) is 13.7. The molecule has 1 saturated heterocycles. The van der Waals surface area contributed by atoms with Crippen LogP contribution >= 0.6 is 11.3 Å². The highest BCUT2D eigenvalue weighted by molar-refractivity contribution is 7.13. The Hall–Kier alpha value is -3.28. The molecule has 6 nitrogen and oxygen atoms in total. The van der Waals surface area contributed by atoms with Gasteiger partial charge in [0.25, 0.3) is 5.91 Å². The van der Waals surface area contributed by atoms with E-state index in [2.05, 4.69) is 21.3 Å². The fourth-order valence-electron chi connectivity index (χ4n) is 3.55. The van der Waals surface area contributed by atoms with Crippen LogP contribution < -0.4 is 10.2 Å². The van der Waals surface area contributed by atoms with E-state index in [9.17, 15) is 19.6 Å². The van der Waals surface area contributed by atoms with E-state index in [4.69, 9.17) is 0 Å². The zero-order chi connectivity index (χ0) is 21.8. The van der Waals surface area contributed by atoms with E-state index in [-0.39, 0.29) is 17.8 Å². The van der Waals surface area contributed by atoms with Crippen molar-refractivity contribution >= 4 is 28.6 Å². The van der Waals surface area contributed by atoms with Crippen molar-refractivity contribution in [2.75, 3.05) is 23.3 Å². The summed E-state index contributed by atoms with van der Waals surface area (Å²) in [7, 11) is 0. The highest BCUT2D eigenvalue weighted by atomic mass is 32.1. The van der Waals surface area contributed by atoms with Crippen molar-refractivity contribution in [2.24, 2.45) is 0 Å². The lowest BCUT2D eigenvalue weighted by atomic mass is 10.0. The van der Waals surface area contributed by atoms with E-state index >= 15 is 0 Å². The Bertz CT molecular complexity index is 1120. The third-order valence-corrected chi connectivity index (χ3v) is 6.22. The fraction of sp³-hybridized carbons (Fsp3) is 0.261. The smallest absolute Gasteiger partial charge is 0.267 e. The number of piperidine rings is 1. The second-order valence-electron chi connectivity index (χ2n) is 7.44. The quantitative estimate of drug-likeness (QED) is 0.632. The van der Waals surface area contributed by atoms with Crippen LogP contribution in [0, 0.1) is 17.1 Å². The van der Waals surface area contributed by atoms with E-state index in [0.717, 1.165) is 16.3 Å². The topological polar surface area (TPSA) is 89.2 Å². The molecular weight excluding hydrogens is 415 g/mol. The summed E-state index contributed by atoms with van der Waals surface area (Å²) in [6.07, 6.45) is 3.12. The molecule has 0 unspecified atom stereocenters. The number of benzene rings is 2. The molecule has 0 aliphatic carbocycles. The number of anilines is 2. The molecule has 3 aromatic rings. The Morgan fingerprint density at radius 2 is 2.00 bits per heavy atom. The highest BCUT2D eigenvalue weighted by Crippen LogP contribution is 2.27. The van der Waals surface area contributed by atoms with Crippen LogP contribution in [0.3, 0.4) is 0 Å². The number of aliphatic hydroxyl groups is 1. The monoisotopic (exact) mass is 436 g/mol. The molecule has 0 radical (unpaired) electrons. The lowest BCUT2D eigenvalue weighted by molar-refractivity contribution is 0.103. The highest BCUT2D eigenvalue weighted by Gasteiger charge is 2.20. The van der Waals surface area contributed by atoms with Gasteiger partial charge in [0.1, 0.15) is 16.8 Å². The maximum absolute atomic E-state index is 13.0. The number of halogens is 1. The van der Waals surface area contributed by atoms with Gasteiger partial charge in [-0.2, -0.15) is 5.26 Å². The summed E-state index contributed by atoms with van der Waals surface area (Å²) in [4.78, 5) is 19.5. The number of nitrogens with zero attached hydrogens (tertiary/aromatic N) is 3. The summed E-state index contributed by atoms with van der Waals surface area (Å²) >= 11 is 1.28. The Morgan fingerprint density at radius 3 is 2.71 bits per heavy atom. The fourth-order valence-corrected chi connectivity index (χ4v) is 4.40. The molecule has 4 rings (SSSR count). The molecule has 158 valence electrons. The minimum absolute atomic E-state index is 0.285. The zero-order valence-corrected chi connectivity index (χ0v) is 17.5. The number of nitriles is 1. The first-order valence-electron chi connectivity index (χ1n) is 9.99. The molecule has 1 amide bonds. The van der Waals surface area contributed by atoms with Crippen LogP contribution in [-0.4, -0.2) is 35.2 Å². The average molecular weight is 437 g/mol. The number of aromatic nitrogens is 1. The number of carbonyl (C=O) groups excluding carboxylic acids is 1. The minimum atomic E-state index is -0.291. The molecular formula is C23H21FN4O2S.